The molecule has 1 aromatic carbocycles. The SMILES string of the molecule is N#CCS(=O)(=O)Nc1cc(Cl)cc(C(F)(F)F)c1. The minimum absolute atomic E-state index is 0.264. The van der Waals surface area contributed by atoms with E-state index in [4.69, 9.17) is 16.9 Å². The Labute approximate surface area is 106 Å². The highest BCUT2D eigenvalue weighted by atomic mass is 35.5. The molecule has 0 aliphatic heterocycles. The molecule has 0 atom stereocenters. The van der Waals surface area contributed by atoms with E-state index in [1.54, 1.807) is 0 Å². The highest BCUT2D eigenvalue weighted by molar-refractivity contribution is 7.92. The lowest BCUT2D eigenvalue weighted by atomic mass is 10.2. The predicted molar refractivity (Wildman–Crippen MR) is 59.5 cm³/mol. The molecule has 0 unspecified atom stereocenters. The summed E-state index contributed by atoms with van der Waals surface area (Å²) in [5.74, 6) is -0.860. The molecule has 0 fully saturated rings. The van der Waals surface area contributed by atoms with Gasteiger partial charge >= 0.3 is 6.18 Å². The van der Waals surface area contributed by atoms with E-state index in [1.165, 1.54) is 6.07 Å². The monoisotopic (exact) mass is 298 g/mol. The van der Waals surface area contributed by atoms with Crippen molar-refractivity contribution in [2.75, 3.05) is 10.5 Å². The maximum atomic E-state index is 12.4. The summed E-state index contributed by atoms with van der Waals surface area (Å²) in [5, 5.41) is 7.98. The molecule has 1 N–H and O–H groups in total. The van der Waals surface area contributed by atoms with Crippen LogP contribution in [-0.2, 0) is 16.2 Å². The molecule has 1 rings (SSSR count). The van der Waals surface area contributed by atoms with Crippen molar-refractivity contribution in [1.82, 2.24) is 0 Å². The highest BCUT2D eigenvalue weighted by Crippen LogP contribution is 2.33. The molecule has 18 heavy (non-hydrogen) atoms. The minimum atomic E-state index is -4.64. The molecule has 0 heterocycles. The first-order chi connectivity index (χ1) is 8.14. The summed E-state index contributed by atoms with van der Waals surface area (Å²) in [5.41, 5.74) is -1.42. The molecule has 0 spiro atoms. The van der Waals surface area contributed by atoms with Gasteiger partial charge in [0, 0.05) is 5.02 Å². The number of hydrogen-bond acceptors (Lipinski definition) is 3. The lowest BCUT2D eigenvalue weighted by molar-refractivity contribution is -0.137. The molecule has 0 aliphatic carbocycles. The van der Waals surface area contributed by atoms with E-state index in [0.29, 0.717) is 12.1 Å². The largest absolute Gasteiger partial charge is 0.416 e. The Kier molecular flexibility index (Phi) is 4.09. The lowest BCUT2D eigenvalue weighted by Gasteiger charge is -2.11. The second kappa shape index (κ2) is 5.04. The molecule has 0 amide bonds. The number of halogens is 4. The Morgan fingerprint density at radius 2 is 1.94 bits per heavy atom. The van der Waals surface area contributed by atoms with Gasteiger partial charge in [-0.2, -0.15) is 18.4 Å². The molecule has 1 aromatic rings. The third kappa shape index (κ3) is 4.09. The van der Waals surface area contributed by atoms with Crippen LogP contribution in [0.25, 0.3) is 0 Å². The number of sulfonamides is 1. The summed E-state index contributed by atoms with van der Waals surface area (Å²) in [6.45, 7) is 0. The van der Waals surface area contributed by atoms with Gasteiger partial charge in [0.05, 0.1) is 17.3 Å². The van der Waals surface area contributed by atoms with Gasteiger partial charge in [-0.15, -0.1) is 0 Å². The van der Waals surface area contributed by atoms with Crippen molar-refractivity contribution in [2.24, 2.45) is 0 Å². The molecule has 98 valence electrons. The number of nitriles is 1. The second-order valence-corrected chi connectivity index (χ2v) is 5.40. The van der Waals surface area contributed by atoms with Gasteiger partial charge in [0.15, 0.2) is 5.75 Å². The van der Waals surface area contributed by atoms with Gasteiger partial charge in [0.2, 0.25) is 10.0 Å². The first-order valence-electron chi connectivity index (χ1n) is 4.39. The van der Waals surface area contributed by atoms with Crippen molar-refractivity contribution in [3.63, 3.8) is 0 Å². The number of nitrogens with one attached hydrogen (secondary N) is 1. The van der Waals surface area contributed by atoms with E-state index < -0.39 is 27.5 Å². The predicted octanol–water partition coefficient (Wildman–Crippen LogP) is 2.62. The van der Waals surface area contributed by atoms with Crippen LogP contribution in [0, 0.1) is 11.3 Å². The van der Waals surface area contributed by atoms with Gasteiger partial charge in [0.1, 0.15) is 0 Å². The molecule has 4 nitrogen and oxygen atoms in total. The smallest absolute Gasteiger partial charge is 0.283 e. The average Bonchev–Trinajstić information content (AvgIpc) is 2.13. The van der Waals surface area contributed by atoms with Crippen molar-refractivity contribution < 1.29 is 21.6 Å². The molecule has 0 aromatic heterocycles. The van der Waals surface area contributed by atoms with Gasteiger partial charge in [-0.3, -0.25) is 4.72 Å². The van der Waals surface area contributed by atoms with Crippen LogP contribution in [0.15, 0.2) is 18.2 Å². The standard InChI is InChI=1S/C9H6ClF3N2O2S/c10-7-3-6(9(11,12)13)4-8(5-7)15-18(16,17)2-1-14/h3-5,15H,2H2. The topological polar surface area (TPSA) is 70.0 Å². The Bertz CT molecular complexity index is 593. The number of nitrogens with zero attached hydrogens (tertiary/aromatic N) is 1. The maximum Gasteiger partial charge on any atom is 0.416 e. The first kappa shape index (κ1) is 14.6. The average molecular weight is 299 g/mol. The quantitative estimate of drug-likeness (QED) is 0.932. The van der Waals surface area contributed by atoms with Crippen LogP contribution in [0.5, 0.6) is 0 Å². The van der Waals surface area contributed by atoms with E-state index in [0.717, 1.165) is 6.07 Å². The summed E-state index contributed by atoms with van der Waals surface area (Å²) in [6, 6.07) is 3.67. The molecule has 9 heteroatoms. The van der Waals surface area contributed by atoms with Crippen molar-refractivity contribution in [3.8, 4) is 6.07 Å². The molecule has 0 radical (unpaired) electrons. The van der Waals surface area contributed by atoms with Crippen LogP contribution in [0.2, 0.25) is 5.02 Å². The summed E-state index contributed by atoms with van der Waals surface area (Å²) in [4.78, 5) is 0. The van der Waals surface area contributed by atoms with Crippen molar-refractivity contribution in [2.45, 2.75) is 6.18 Å². The normalized spacial score (nSPS) is 11.9. The zero-order valence-corrected chi connectivity index (χ0v) is 10.2. The Morgan fingerprint density at radius 1 is 1.33 bits per heavy atom. The van der Waals surface area contributed by atoms with E-state index in [2.05, 4.69) is 0 Å². The molecule has 0 aliphatic rings. The summed E-state index contributed by atoms with van der Waals surface area (Å²) >= 11 is 5.46. The fourth-order valence-electron chi connectivity index (χ4n) is 1.11. The Balaban J connectivity index is 3.13. The van der Waals surface area contributed by atoms with Crippen molar-refractivity contribution >= 4 is 27.3 Å². The number of benzene rings is 1. The second-order valence-electron chi connectivity index (χ2n) is 3.25. The number of rotatable bonds is 3. The van der Waals surface area contributed by atoms with Gasteiger partial charge in [0.25, 0.3) is 0 Å². The van der Waals surface area contributed by atoms with E-state index in [-0.39, 0.29) is 10.7 Å². The van der Waals surface area contributed by atoms with Crippen molar-refractivity contribution in [3.05, 3.63) is 28.8 Å². The fourth-order valence-corrected chi connectivity index (χ4v) is 2.07. The van der Waals surface area contributed by atoms with Crippen LogP contribution in [-0.4, -0.2) is 14.2 Å². The van der Waals surface area contributed by atoms with E-state index in [1.807, 2.05) is 4.72 Å². The molecule has 0 bridgehead atoms. The minimum Gasteiger partial charge on any atom is -0.283 e. The third-order valence-electron chi connectivity index (χ3n) is 1.75. The number of hydrogen-bond donors (Lipinski definition) is 1. The third-order valence-corrected chi connectivity index (χ3v) is 3.03. The first-order valence-corrected chi connectivity index (χ1v) is 6.42. The zero-order valence-electron chi connectivity index (χ0n) is 8.62. The number of alkyl halides is 3. The van der Waals surface area contributed by atoms with Crippen LogP contribution in [0.3, 0.4) is 0 Å². The number of anilines is 1. The zero-order chi connectivity index (χ0) is 14.0. The van der Waals surface area contributed by atoms with E-state index >= 15 is 0 Å². The molecular formula is C9H6ClF3N2O2S. The molecule has 0 saturated carbocycles. The van der Waals surface area contributed by atoms with Gasteiger partial charge in [-0.25, -0.2) is 8.42 Å². The summed E-state index contributed by atoms with van der Waals surface area (Å²) < 4.78 is 61.6. The summed E-state index contributed by atoms with van der Waals surface area (Å²) in [6.07, 6.45) is -4.64. The molecule has 0 saturated heterocycles. The van der Waals surface area contributed by atoms with Crippen LogP contribution in [0.1, 0.15) is 5.56 Å². The van der Waals surface area contributed by atoms with Crippen LogP contribution >= 0.6 is 11.6 Å². The van der Waals surface area contributed by atoms with Gasteiger partial charge in [-0.05, 0) is 18.2 Å². The van der Waals surface area contributed by atoms with Gasteiger partial charge in [-0.1, -0.05) is 11.6 Å². The van der Waals surface area contributed by atoms with Crippen LogP contribution in [0.4, 0.5) is 18.9 Å². The Morgan fingerprint density at radius 3 is 2.44 bits per heavy atom. The molecular weight excluding hydrogens is 293 g/mol. The summed E-state index contributed by atoms with van der Waals surface area (Å²) in [7, 11) is -4.00. The lowest BCUT2D eigenvalue weighted by Crippen LogP contribution is -2.16. The van der Waals surface area contributed by atoms with Crippen LogP contribution < -0.4 is 4.72 Å². The van der Waals surface area contributed by atoms with Gasteiger partial charge < -0.3 is 0 Å². The van der Waals surface area contributed by atoms with E-state index in [9.17, 15) is 21.6 Å². The fraction of sp³-hybridized carbons (Fsp3) is 0.222. The maximum absolute atomic E-state index is 12.4. The Hall–Kier alpha value is -1.46. The highest BCUT2D eigenvalue weighted by Gasteiger charge is 2.31. The van der Waals surface area contributed by atoms with Crippen molar-refractivity contribution in [1.29, 1.82) is 5.26 Å².